The van der Waals surface area contributed by atoms with Crippen LogP contribution in [0.15, 0.2) is 36.9 Å². The van der Waals surface area contributed by atoms with Gasteiger partial charge in [-0.25, -0.2) is 0 Å². The molecule has 2 aromatic carbocycles. The van der Waals surface area contributed by atoms with Crippen molar-refractivity contribution in [3.8, 4) is 0 Å². The number of anilines is 1. The molecule has 0 spiro atoms. The molecular weight excluding hydrogens is 186 g/mol. The van der Waals surface area contributed by atoms with Crippen molar-refractivity contribution in [2.45, 2.75) is 0 Å². The fourth-order valence-electron chi connectivity index (χ4n) is 2.09. The van der Waals surface area contributed by atoms with Gasteiger partial charge in [0.05, 0.1) is 0 Å². The smallest absolute Gasteiger partial charge is 0.256 e. The van der Waals surface area contributed by atoms with Gasteiger partial charge in [0.15, 0.2) is 0 Å². The van der Waals surface area contributed by atoms with Gasteiger partial charge in [0.1, 0.15) is 0 Å². The second kappa shape index (κ2) is 2.70. The van der Waals surface area contributed by atoms with Crippen molar-refractivity contribution in [2.24, 2.45) is 0 Å². The summed E-state index contributed by atoms with van der Waals surface area (Å²) in [6.07, 6.45) is 1.81. The van der Waals surface area contributed by atoms with E-state index in [0.29, 0.717) is 0 Å². The van der Waals surface area contributed by atoms with E-state index in [0.717, 1.165) is 27.6 Å². The lowest BCUT2D eigenvalue weighted by Crippen LogP contribution is -2.03. The third kappa shape index (κ3) is 0.960. The lowest BCUT2D eigenvalue weighted by Gasteiger charge is -2.02. The molecule has 0 atom stereocenters. The van der Waals surface area contributed by atoms with Crippen molar-refractivity contribution in [1.82, 2.24) is 0 Å². The van der Waals surface area contributed by atoms with Gasteiger partial charge in [-0.3, -0.25) is 4.79 Å². The van der Waals surface area contributed by atoms with Crippen molar-refractivity contribution < 1.29 is 4.79 Å². The molecular formula is C13H9NO. The maximum atomic E-state index is 11.6. The van der Waals surface area contributed by atoms with Crippen LogP contribution in [0.1, 0.15) is 15.9 Å². The molecule has 1 aliphatic heterocycles. The number of carbonyl (C=O) groups is 1. The van der Waals surface area contributed by atoms with Crippen molar-refractivity contribution in [3.05, 3.63) is 48.0 Å². The van der Waals surface area contributed by atoms with E-state index in [1.165, 1.54) is 0 Å². The second-order valence-corrected chi connectivity index (χ2v) is 3.59. The summed E-state index contributed by atoms with van der Waals surface area (Å²) in [5.74, 6) is -0.0168. The summed E-state index contributed by atoms with van der Waals surface area (Å²) in [7, 11) is 0. The molecule has 0 bridgehead atoms. The van der Waals surface area contributed by atoms with Gasteiger partial charge < -0.3 is 5.32 Å². The Kier molecular flexibility index (Phi) is 1.48. The quantitative estimate of drug-likeness (QED) is 0.744. The summed E-state index contributed by atoms with van der Waals surface area (Å²) < 4.78 is 0. The molecule has 0 saturated carbocycles. The predicted octanol–water partition coefficient (Wildman–Crippen LogP) is 3.05. The minimum absolute atomic E-state index is 0.0168. The summed E-state index contributed by atoms with van der Waals surface area (Å²) in [6, 6.07) is 9.66. The molecule has 2 aromatic rings. The van der Waals surface area contributed by atoms with Gasteiger partial charge in [0.25, 0.3) is 5.91 Å². The molecule has 72 valence electrons. The van der Waals surface area contributed by atoms with Crippen LogP contribution in [-0.2, 0) is 0 Å². The van der Waals surface area contributed by atoms with E-state index in [1.54, 1.807) is 0 Å². The Morgan fingerprint density at radius 3 is 2.87 bits per heavy atom. The molecule has 3 rings (SSSR count). The molecule has 1 amide bonds. The highest BCUT2D eigenvalue weighted by atomic mass is 16.1. The first kappa shape index (κ1) is 8.24. The van der Waals surface area contributed by atoms with E-state index in [2.05, 4.69) is 11.9 Å². The summed E-state index contributed by atoms with van der Waals surface area (Å²) in [6.45, 7) is 3.77. The number of hydrogen-bond acceptors (Lipinski definition) is 1. The van der Waals surface area contributed by atoms with Crippen molar-refractivity contribution in [2.75, 3.05) is 5.32 Å². The molecule has 0 fully saturated rings. The van der Waals surface area contributed by atoms with Crippen LogP contribution < -0.4 is 5.32 Å². The van der Waals surface area contributed by atoms with Crippen molar-refractivity contribution in [1.29, 1.82) is 0 Å². The van der Waals surface area contributed by atoms with Crippen molar-refractivity contribution in [3.63, 3.8) is 0 Å². The largest absolute Gasteiger partial charge is 0.321 e. The molecule has 0 aliphatic carbocycles. The van der Waals surface area contributed by atoms with E-state index in [1.807, 2.05) is 36.4 Å². The van der Waals surface area contributed by atoms with Crippen LogP contribution in [0.25, 0.3) is 16.8 Å². The van der Waals surface area contributed by atoms with Gasteiger partial charge in [-0.15, -0.1) is 0 Å². The molecule has 0 unspecified atom stereocenters. The Labute approximate surface area is 87.2 Å². The third-order valence-electron chi connectivity index (χ3n) is 2.79. The standard InChI is InChI=1S/C13H9NO/c1-2-8-6-7-10-12-9(8)4-3-5-11(12)14-13(10)15/h2-7H,1H2,(H,14,15). The molecule has 0 saturated heterocycles. The zero-order valence-electron chi connectivity index (χ0n) is 8.08. The van der Waals surface area contributed by atoms with Gasteiger partial charge in [-0.1, -0.05) is 30.9 Å². The van der Waals surface area contributed by atoms with Crippen LogP contribution in [0.4, 0.5) is 5.69 Å². The summed E-state index contributed by atoms with van der Waals surface area (Å²) in [5, 5.41) is 4.94. The van der Waals surface area contributed by atoms with Crippen LogP contribution in [0.2, 0.25) is 0 Å². The fourth-order valence-corrected chi connectivity index (χ4v) is 2.09. The fraction of sp³-hybridized carbons (Fsp3) is 0. The molecule has 15 heavy (non-hydrogen) atoms. The second-order valence-electron chi connectivity index (χ2n) is 3.59. The molecule has 2 heteroatoms. The summed E-state index contributed by atoms with van der Waals surface area (Å²) >= 11 is 0. The molecule has 1 heterocycles. The summed E-state index contributed by atoms with van der Waals surface area (Å²) in [4.78, 5) is 11.6. The maximum absolute atomic E-state index is 11.6. The number of nitrogens with one attached hydrogen (secondary N) is 1. The first-order valence-electron chi connectivity index (χ1n) is 4.81. The zero-order chi connectivity index (χ0) is 10.4. The lowest BCUT2D eigenvalue weighted by molar-refractivity contribution is 0.103. The first-order chi connectivity index (χ1) is 7.31. The first-order valence-corrected chi connectivity index (χ1v) is 4.81. The minimum atomic E-state index is -0.0168. The molecule has 2 nitrogen and oxygen atoms in total. The normalized spacial score (nSPS) is 12.9. The SMILES string of the molecule is C=Cc1ccc2c3c(cccc13)NC2=O. The summed E-state index contributed by atoms with van der Waals surface area (Å²) in [5.41, 5.74) is 2.72. The average molecular weight is 195 g/mol. The Morgan fingerprint density at radius 2 is 2.07 bits per heavy atom. The predicted molar refractivity (Wildman–Crippen MR) is 62.0 cm³/mol. The zero-order valence-corrected chi connectivity index (χ0v) is 8.08. The highest BCUT2D eigenvalue weighted by Gasteiger charge is 2.21. The van der Waals surface area contributed by atoms with E-state index in [-0.39, 0.29) is 5.91 Å². The van der Waals surface area contributed by atoms with Crippen LogP contribution in [0, 0.1) is 0 Å². The van der Waals surface area contributed by atoms with Crippen LogP contribution >= 0.6 is 0 Å². The molecule has 1 aliphatic rings. The number of carbonyl (C=O) groups excluding carboxylic acids is 1. The minimum Gasteiger partial charge on any atom is -0.321 e. The number of benzene rings is 2. The van der Waals surface area contributed by atoms with Gasteiger partial charge in [-0.2, -0.15) is 0 Å². The molecule has 1 N–H and O–H groups in total. The number of rotatable bonds is 1. The monoisotopic (exact) mass is 195 g/mol. The van der Waals surface area contributed by atoms with Gasteiger partial charge in [0, 0.05) is 16.6 Å². The molecule has 0 radical (unpaired) electrons. The maximum Gasteiger partial charge on any atom is 0.256 e. The lowest BCUT2D eigenvalue weighted by atomic mass is 10.0. The number of hydrogen-bond donors (Lipinski definition) is 1. The van der Waals surface area contributed by atoms with Gasteiger partial charge >= 0.3 is 0 Å². The van der Waals surface area contributed by atoms with Gasteiger partial charge in [0.2, 0.25) is 0 Å². The van der Waals surface area contributed by atoms with Gasteiger partial charge in [-0.05, 0) is 23.1 Å². The van der Waals surface area contributed by atoms with E-state index in [4.69, 9.17) is 0 Å². The topological polar surface area (TPSA) is 29.1 Å². The number of amides is 1. The Hall–Kier alpha value is -2.09. The third-order valence-corrected chi connectivity index (χ3v) is 2.79. The Bertz CT molecular complexity index is 599. The highest BCUT2D eigenvalue weighted by Crippen LogP contribution is 2.34. The van der Waals surface area contributed by atoms with Crippen molar-refractivity contribution >= 4 is 28.4 Å². The Morgan fingerprint density at radius 1 is 1.20 bits per heavy atom. The van der Waals surface area contributed by atoms with E-state index >= 15 is 0 Å². The Balaban J connectivity index is 2.55. The van der Waals surface area contributed by atoms with Crippen LogP contribution in [0.3, 0.4) is 0 Å². The highest BCUT2D eigenvalue weighted by molar-refractivity contribution is 6.24. The van der Waals surface area contributed by atoms with E-state index < -0.39 is 0 Å². The average Bonchev–Trinajstić information content (AvgIpc) is 2.58. The van der Waals surface area contributed by atoms with Crippen LogP contribution in [0.5, 0.6) is 0 Å². The molecule has 0 aromatic heterocycles. The van der Waals surface area contributed by atoms with E-state index in [9.17, 15) is 4.79 Å². The van der Waals surface area contributed by atoms with Crippen LogP contribution in [-0.4, -0.2) is 5.91 Å².